The molecule has 0 bridgehead atoms. The molecule has 0 spiro atoms. The average molecular weight is 210 g/mol. The number of nitrogens with zero attached hydrogens (tertiary/aromatic N) is 3. The molecule has 5 heteroatoms. The molecule has 2 rings (SSSR count). The van der Waals surface area contributed by atoms with Crippen LogP contribution in [0.5, 0.6) is 0 Å². The Morgan fingerprint density at radius 2 is 1.87 bits per heavy atom. The fourth-order valence-corrected chi connectivity index (χ4v) is 1.88. The van der Waals surface area contributed by atoms with E-state index in [4.69, 9.17) is 5.73 Å². The number of nitrogens with two attached hydrogens (primary N) is 1. The summed E-state index contributed by atoms with van der Waals surface area (Å²) < 4.78 is 13.5. The summed E-state index contributed by atoms with van der Waals surface area (Å²) in [6, 6.07) is 0. The summed E-state index contributed by atoms with van der Waals surface area (Å²) >= 11 is 0. The molecule has 0 aromatic carbocycles. The van der Waals surface area contributed by atoms with E-state index < -0.39 is 0 Å². The number of anilines is 2. The van der Waals surface area contributed by atoms with Crippen LogP contribution in [0.25, 0.3) is 0 Å². The Morgan fingerprint density at radius 1 is 1.20 bits per heavy atom. The molecule has 1 fully saturated rings. The Hall–Kier alpha value is -1.39. The average Bonchev–Trinajstić information content (AvgIpc) is 2.50. The summed E-state index contributed by atoms with van der Waals surface area (Å²) in [6.07, 6.45) is 5.73. The van der Waals surface area contributed by atoms with E-state index in [1.165, 1.54) is 12.8 Å². The molecule has 82 valence electrons. The van der Waals surface area contributed by atoms with E-state index in [0.29, 0.717) is 5.82 Å². The normalized spacial score (nSPS) is 17.5. The molecule has 1 aromatic heterocycles. The summed E-state index contributed by atoms with van der Waals surface area (Å²) in [7, 11) is 0. The zero-order valence-corrected chi connectivity index (χ0v) is 8.62. The van der Waals surface area contributed by atoms with Crippen molar-refractivity contribution in [3.8, 4) is 0 Å². The molecule has 0 aliphatic carbocycles. The molecular weight excluding hydrogens is 195 g/mol. The molecule has 4 nitrogen and oxygen atoms in total. The molecule has 2 heterocycles. The molecule has 0 unspecified atom stereocenters. The van der Waals surface area contributed by atoms with Crippen molar-refractivity contribution in [1.82, 2.24) is 9.97 Å². The fourth-order valence-electron chi connectivity index (χ4n) is 1.88. The molecular formula is C10H15FN4. The zero-order valence-electron chi connectivity index (χ0n) is 8.62. The third-order valence-corrected chi connectivity index (χ3v) is 2.65. The van der Waals surface area contributed by atoms with E-state index in [-0.39, 0.29) is 11.8 Å². The van der Waals surface area contributed by atoms with Gasteiger partial charge in [-0.15, -0.1) is 0 Å². The van der Waals surface area contributed by atoms with Crippen molar-refractivity contribution in [2.24, 2.45) is 0 Å². The Labute approximate surface area is 88.3 Å². The van der Waals surface area contributed by atoms with Gasteiger partial charge < -0.3 is 10.6 Å². The topological polar surface area (TPSA) is 55.0 Å². The van der Waals surface area contributed by atoms with Gasteiger partial charge in [0.2, 0.25) is 5.95 Å². The third kappa shape index (κ3) is 2.34. The highest BCUT2D eigenvalue weighted by molar-refractivity contribution is 5.42. The van der Waals surface area contributed by atoms with Gasteiger partial charge in [-0.25, -0.2) is 9.37 Å². The van der Waals surface area contributed by atoms with Crippen LogP contribution in [0, 0.1) is 5.82 Å². The second-order valence-corrected chi connectivity index (χ2v) is 3.80. The quantitative estimate of drug-likeness (QED) is 0.764. The minimum atomic E-state index is -0.383. The van der Waals surface area contributed by atoms with Crippen molar-refractivity contribution in [3.05, 3.63) is 12.0 Å². The first kappa shape index (κ1) is 10.1. The lowest BCUT2D eigenvalue weighted by atomic mass is 10.2. The fraction of sp³-hybridized carbons (Fsp3) is 0.600. The maximum absolute atomic E-state index is 13.5. The Kier molecular flexibility index (Phi) is 2.99. The van der Waals surface area contributed by atoms with Gasteiger partial charge in [-0.05, 0) is 12.8 Å². The van der Waals surface area contributed by atoms with Gasteiger partial charge in [-0.2, -0.15) is 4.98 Å². The minimum Gasteiger partial charge on any atom is -0.368 e. The number of halogens is 1. The van der Waals surface area contributed by atoms with Crippen molar-refractivity contribution >= 4 is 11.8 Å². The lowest BCUT2D eigenvalue weighted by molar-refractivity contribution is 0.602. The highest BCUT2D eigenvalue weighted by Crippen LogP contribution is 2.20. The van der Waals surface area contributed by atoms with Gasteiger partial charge in [-0.1, -0.05) is 12.8 Å². The second kappa shape index (κ2) is 4.42. The SMILES string of the molecule is Nc1ncc(F)c(N2CCCCCC2)n1. The highest BCUT2D eigenvalue weighted by atomic mass is 19.1. The predicted octanol–water partition coefficient (Wildman–Crippen LogP) is 1.58. The summed E-state index contributed by atoms with van der Waals surface area (Å²) in [4.78, 5) is 9.54. The van der Waals surface area contributed by atoms with Crippen LogP contribution in [0.3, 0.4) is 0 Å². The monoisotopic (exact) mass is 210 g/mol. The first-order valence-electron chi connectivity index (χ1n) is 5.30. The van der Waals surface area contributed by atoms with Gasteiger partial charge in [0.15, 0.2) is 11.6 Å². The zero-order chi connectivity index (χ0) is 10.7. The van der Waals surface area contributed by atoms with Crippen LogP contribution in [0.1, 0.15) is 25.7 Å². The summed E-state index contributed by atoms with van der Waals surface area (Å²) in [5, 5.41) is 0. The van der Waals surface area contributed by atoms with Gasteiger partial charge in [0.1, 0.15) is 0 Å². The van der Waals surface area contributed by atoms with Gasteiger partial charge in [0, 0.05) is 13.1 Å². The van der Waals surface area contributed by atoms with E-state index in [1.54, 1.807) is 0 Å². The van der Waals surface area contributed by atoms with E-state index in [9.17, 15) is 4.39 Å². The summed E-state index contributed by atoms with van der Waals surface area (Å²) in [6.45, 7) is 1.71. The van der Waals surface area contributed by atoms with Gasteiger partial charge >= 0.3 is 0 Å². The van der Waals surface area contributed by atoms with Gasteiger partial charge in [-0.3, -0.25) is 0 Å². The lowest BCUT2D eigenvalue weighted by Crippen LogP contribution is -2.26. The van der Waals surface area contributed by atoms with Crippen molar-refractivity contribution in [3.63, 3.8) is 0 Å². The Bertz CT molecular complexity index is 334. The smallest absolute Gasteiger partial charge is 0.222 e. The first-order valence-corrected chi connectivity index (χ1v) is 5.30. The standard InChI is InChI=1S/C10H15FN4/c11-8-7-13-10(12)14-9(8)15-5-3-1-2-4-6-15/h7H,1-6H2,(H2,12,13,14). The molecule has 2 N–H and O–H groups in total. The van der Waals surface area contributed by atoms with E-state index >= 15 is 0 Å². The predicted molar refractivity (Wildman–Crippen MR) is 57.1 cm³/mol. The largest absolute Gasteiger partial charge is 0.368 e. The van der Waals surface area contributed by atoms with Gasteiger partial charge in [0.05, 0.1) is 6.20 Å². The Balaban J connectivity index is 2.22. The van der Waals surface area contributed by atoms with E-state index in [2.05, 4.69) is 9.97 Å². The maximum Gasteiger partial charge on any atom is 0.222 e. The molecule has 0 radical (unpaired) electrons. The van der Waals surface area contributed by atoms with Crippen LogP contribution in [0.4, 0.5) is 16.2 Å². The van der Waals surface area contributed by atoms with E-state index in [0.717, 1.165) is 32.1 Å². The number of hydrogen-bond acceptors (Lipinski definition) is 4. The van der Waals surface area contributed by atoms with Crippen LogP contribution < -0.4 is 10.6 Å². The summed E-state index contributed by atoms with van der Waals surface area (Å²) in [5.41, 5.74) is 5.46. The van der Waals surface area contributed by atoms with Crippen molar-refractivity contribution in [2.75, 3.05) is 23.7 Å². The first-order chi connectivity index (χ1) is 7.27. The molecule has 0 amide bonds. The van der Waals surface area contributed by atoms with Crippen molar-refractivity contribution in [2.45, 2.75) is 25.7 Å². The van der Waals surface area contributed by atoms with Crippen LogP contribution in [0.2, 0.25) is 0 Å². The van der Waals surface area contributed by atoms with Crippen molar-refractivity contribution < 1.29 is 4.39 Å². The molecule has 0 saturated carbocycles. The minimum absolute atomic E-state index is 0.135. The molecule has 1 aliphatic heterocycles. The molecule has 1 aromatic rings. The van der Waals surface area contributed by atoms with Crippen LogP contribution in [0.15, 0.2) is 6.20 Å². The highest BCUT2D eigenvalue weighted by Gasteiger charge is 2.15. The number of nitrogen functional groups attached to an aromatic ring is 1. The number of aromatic nitrogens is 2. The maximum atomic E-state index is 13.5. The summed E-state index contributed by atoms with van der Waals surface area (Å²) in [5.74, 6) is 0.103. The Morgan fingerprint density at radius 3 is 2.53 bits per heavy atom. The van der Waals surface area contributed by atoms with Crippen LogP contribution in [-0.4, -0.2) is 23.1 Å². The number of hydrogen-bond donors (Lipinski definition) is 1. The van der Waals surface area contributed by atoms with Crippen LogP contribution in [-0.2, 0) is 0 Å². The van der Waals surface area contributed by atoms with Crippen molar-refractivity contribution in [1.29, 1.82) is 0 Å². The van der Waals surface area contributed by atoms with Crippen LogP contribution >= 0.6 is 0 Å². The molecule has 15 heavy (non-hydrogen) atoms. The number of rotatable bonds is 1. The molecule has 0 atom stereocenters. The van der Waals surface area contributed by atoms with Gasteiger partial charge in [0.25, 0.3) is 0 Å². The third-order valence-electron chi connectivity index (χ3n) is 2.65. The molecule has 1 aliphatic rings. The lowest BCUT2D eigenvalue weighted by Gasteiger charge is -2.21. The second-order valence-electron chi connectivity index (χ2n) is 3.80. The van der Waals surface area contributed by atoms with E-state index in [1.807, 2.05) is 4.90 Å². The molecule has 1 saturated heterocycles.